The molecule has 0 aromatic carbocycles. The predicted octanol–water partition coefficient (Wildman–Crippen LogP) is 0.294. The zero-order valence-electron chi connectivity index (χ0n) is 7.60. The Morgan fingerprint density at radius 3 is 2.15 bits per heavy atom. The Morgan fingerprint density at radius 2 is 1.77 bits per heavy atom. The maximum Gasteiger partial charge on any atom is 0.312 e. The number of amidine groups is 1. The van der Waals surface area contributed by atoms with E-state index in [1.165, 1.54) is 0 Å². The molecular formula is C8H16N4O. The Morgan fingerprint density at radius 1 is 1.23 bits per heavy atom. The van der Waals surface area contributed by atoms with Gasteiger partial charge in [0.15, 0.2) is 0 Å². The van der Waals surface area contributed by atoms with Crippen molar-refractivity contribution in [3.63, 3.8) is 0 Å². The number of urea groups is 1. The molecule has 2 amide bonds. The molecule has 1 aliphatic carbocycles. The van der Waals surface area contributed by atoms with E-state index in [0.717, 1.165) is 32.1 Å². The van der Waals surface area contributed by atoms with Crippen LogP contribution in [0.25, 0.3) is 0 Å². The van der Waals surface area contributed by atoms with Crippen LogP contribution in [0.1, 0.15) is 32.1 Å². The van der Waals surface area contributed by atoms with E-state index in [9.17, 15) is 4.79 Å². The van der Waals surface area contributed by atoms with Crippen LogP contribution in [0.3, 0.4) is 0 Å². The summed E-state index contributed by atoms with van der Waals surface area (Å²) < 4.78 is 0. The van der Waals surface area contributed by atoms with Crippen molar-refractivity contribution in [1.29, 1.82) is 5.41 Å². The second kappa shape index (κ2) is 3.64. The quantitative estimate of drug-likeness (QED) is 0.366. The number of carbonyl (C=O) groups excluding carboxylic acids is 1. The van der Waals surface area contributed by atoms with Crippen LogP contribution in [0.4, 0.5) is 4.79 Å². The van der Waals surface area contributed by atoms with Crippen LogP contribution in [0.2, 0.25) is 0 Å². The second-order valence-electron chi connectivity index (χ2n) is 3.55. The Bertz CT molecular complexity index is 220. The highest BCUT2D eigenvalue weighted by molar-refractivity contribution is 5.91. The minimum atomic E-state index is -0.663. The van der Waals surface area contributed by atoms with E-state index in [0.29, 0.717) is 0 Å². The summed E-state index contributed by atoms with van der Waals surface area (Å²) in [4.78, 5) is 10.7. The smallest absolute Gasteiger partial charge is 0.312 e. The number of nitrogens with one attached hydrogen (secondary N) is 2. The van der Waals surface area contributed by atoms with Crippen molar-refractivity contribution in [2.75, 3.05) is 0 Å². The minimum absolute atomic E-state index is 0.0194. The van der Waals surface area contributed by atoms with E-state index in [4.69, 9.17) is 16.9 Å². The highest BCUT2D eigenvalue weighted by Crippen LogP contribution is 2.27. The molecule has 0 aromatic rings. The fraction of sp³-hybridized carbons (Fsp3) is 0.750. The zero-order chi connectivity index (χ0) is 9.90. The summed E-state index contributed by atoms with van der Waals surface area (Å²) in [5.41, 5.74) is 9.84. The normalized spacial score (nSPS) is 20.6. The van der Waals surface area contributed by atoms with Crippen molar-refractivity contribution in [3.8, 4) is 0 Å². The first-order valence-electron chi connectivity index (χ1n) is 4.49. The van der Waals surface area contributed by atoms with E-state index in [1.54, 1.807) is 0 Å². The van der Waals surface area contributed by atoms with E-state index in [-0.39, 0.29) is 5.84 Å². The summed E-state index contributed by atoms with van der Waals surface area (Å²) in [5.74, 6) is 0.0194. The van der Waals surface area contributed by atoms with Crippen LogP contribution in [0, 0.1) is 5.41 Å². The van der Waals surface area contributed by atoms with Gasteiger partial charge in [0.05, 0.1) is 5.54 Å². The Kier molecular flexibility index (Phi) is 2.75. The molecule has 5 heteroatoms. The van der Waals surface area contributed by atoms with Gasteiger partial charge in [0.2, 0.25) is 0 Å². The molecule has 13 heavy (non-hydrogen) atoms. The fourth-order valence-corrected chi connectivity index (χ4v) is 1.85. The van der Waals surface area contributed by atoms with Crippen molar-refractivity contribution >= 4 is 11.9 Å². The topological polar surface area (TPSA) is 105 Å². The van der Waals surface area contributed by atoms with Crippen LogP contribution in [-0.2, 0) is 0 Å². The summed E-state index contributed by atoms with van der Waals surface area (Å²) >= 11 is 0. The van der Waals surface area contributed by atoms with Crippen LogP contribution >= 0.6 is 0 Å². The Labute approximate surface area is 77.4 Å². The molecule has 0 atom stereocenters. The van der Waals surface area contributed by atoms with Gasteiger partial charge in [-0.05, 0) is 12.8 Å². The van der Waals surface area contributed by atoms with Gasteiger partial charge >= 0.3 is 6.03 Å². The monoisotopic (exact) mass is 184 g/mol. The Balaban J connectivity index is 2.73. The molecule has 1 rings (SSSR count). The van der Waals surface area contributed by atoms with E-state index in [1.807, 2.05) is 0 Å². The van der Waals surface area contributed by atoms with E-state index in [2.05, 4.69) is 5.32 Å². The summed E-state index contributed by atoms with van der Waals surface area (Å²) in [7, 11) is 0. The third-order valence-corrected chi connectivity index (χ3v) is 2.59. The largest absolute Gasteiger partial charge is 0.386 e. The van der Waals surface area contributed by atoms with Crippen molar-refractivity contribution < 1.29 is 4.79 Å². The maximum atomic E-state index is 10.7. The van der Waals surface area contributed by atoms with Crippen molar-refractivity contribution in [1.82, 2.24) is 5.32 Å². The number of rotatable bonds is 2. The maximum absolute atomic E-state index is 10.7. The molecule has 0 spiro atoms. The van der Waals surface area contributed by atoms with Gasteiger partial charge in [0.25, 0.3) is 0 Å². The molecule has 1 saturated carbocycles. The van der Waals surface area contributed by atoms with Gasteiger partial charge in [0, 0.05) is 0 Å². The van der Waals surface area contributed by atoms with Crippen LogP contribution in [-0.4, -0.2) is 17.4 Å². The third kappa shape index (κ3) is 2.11. The lowest BCUT2D eigenvalue weighted by Gasteiger charge is -2.36. The summed E-state index contributed by atoms with van der Waals surface area (Å²) in [6, 6.07) is -0.600. The summed E-state index contributed by atoms with van der Waals surface area (Å²) in [6.07, 6.45) is 4.56. The highest BCUT2D eigenvalue weighted by Gasteiger charge is 2.36. The molecule has 0 unspecified atom stereocenters. The molecule has 74 valence electrons. The first-order chi connectivity index (χ1) is 6.07. The van der Waals surface area contributed by atoms with Gasteiger partial charge < -0.3 is 16.8 Å². The first kappa shape index (κ1) is 9.83. The molecule has 1 fully saturated rings. The zero-order valence-corrected chi connectivity index (χ0v) is 7.60. The van der Waals surface area contributed by atoms with E-state index >= 15 is 0 Å². The number of nitrogens with two attached hydrogens (primary N) is 2. The lowest BCUT2D eigenvalue weighted by Crippen LogP contribution is -2.59. The van der Waals surface area contributed by atoms with Gasteiger partial charge in [-0.15, -0.1) is 0 Å². The first-order valence-corrected chi connectivity index (χ1v) is 4.49. The molecule has 0 aromatic heterocycles. The average Bonchev–Trinajstić information content (AvgIpc) is 2.04. The van der Waals surface area contributed by atoms with Gasteiger partial charge in [-0.3, -0.25) is 5.41 Å². The number of amides is 2. The molecule has 6 N–H and O–H groups in total. The van der Waals surface area contributed by atoms with Crippen LogP contribution < -0.4 is 16.8 Å². The summed E-state index contributed by atoms with van der Waals surface area (Å²) in [5, 5.41) is 10.0. The fourth-order valence-electron chi connectivity index (χ4n) is 1.85. The lowest BCUT2D eigenvalue weighted by atomic mass is 9.81. The lowest BCUT2D eigenvalue weighted by molar-refractivity contribution is 0.232. The van der Waals surface area contributed by atoms with Crippen LogP contribution in [0.5, 0.6) is 0 Å². The van der Waals surface area contributed by atoms with Crippen molar-refractivity contribution in [2.24, 2.45) is 11.5 Å². The molecule has 0 radical (unpaired) electrons. The molecular weight excluding hydrogens is 168 g/mol. The van der Waals surface area contributed by atoms with Crippen molar-refractivity contribution in [2.45, 2.75) is 37.6 Å². The molecule has 0 saturated heterocycles. The second-order valence-corrected chi connectivity index (χ2v) is 3.55. The van der Waals surface area contributed by atoms with Gasteiger partial charge in [0.1, 0.15) is 5.84 Å². The number of primary amides is 1. The average molecular weight is 184 g/mol. The number of hydrogen-bond acceptors (Lipinski definition) is 2. The highest BCUT2D eigenvalue weighted by atomic mass is 16.2. The number of carbonyl (C=O) groups is 1. The van der Waals surface area contributed by atoms with Crippen LogP contribution in [0.15, 0.2) is 0 Å². The summed E-state index contributed by atoms with van der Waals surface area (Å²) in [6.45, 7) is 0. The molecule has 0 aliphatic heterocycles. The standard InChI is InChI=1S/C8H16N4O/c9-6(10)8(12-7(11)13)4-2-1-3-5-8/h1-5H2,(H3,9,10)(H3,11,12,13). The minimum Gasteiger partial charge on any atom is -0.386 e. The molecule has 0 bridgehead atoms. The molecule has 1 aliphatic rings. The van der Waals surface area contributed by atoms with Gasteiger partial charge in [-0.2, -0.15) is 0 Å². The number of hydrogen-bond donors (Lipinski definition) is 4. The van der Waals surface area contributed by atoms with Gasteiger partial charge in [-0.25, -0.2) is 4.79 Å². The Hall–Kier alpha value is -1.26. The van der Waals surface area contributed by atoms with Crippen molar-refractivity contribution in [3.05, 3.63) is 0 Å². The van der Waals surface area contributed by atoms with Gasteiger partial charge in [-0.1, -0.05) is 19.3 Å². The van der Waals surface area contributed by atoms with E-state index < -0.39 is 11.6 Å². The third-order valence-electron chi connectivity index (χ3n) is 2.59. The molecule has 5 nitrogen and oxygen atoms in total. The molecule has 0 heterocycles. The predicted molar refractivity (Wildman–Crippen MR) is 50.4 cm³/mol. The SMILES string of the molecule is N=C(N)C1(NC(N)=O)CCCCC1.